The first-order valence-corrected chi connectivity index (χ1v) is 8.16. The molecule has 0 aliphatic heterocycles. The third kappa shape index (κ3) is 3.30. The summed E-state index contributed by atoms with van der Waals surface area (Å²) in [6.45, 7) is 0. The number of aliphatic hydroxyl groups excluding tert-OH is 1. The van der Waals surface area contributed by atoms with Crippen LogP contribution in [0.1, 0.15) is 60.8 Å². The second-order valence-corrected chi connectivity index (χ2v) is 6.33. The third-order valence-electron chi connectivity index (χ3n) is 4.53. The lowest BCUT2D eigenvalue weighted by Gasteiger charge is -2.22. The zero-order valence-corrected chi connectivity index (χ0v) is 12.9. The van der Waals surface area contributed by atoms with E-state index in [0.29, 0.717) is 10.9 Å². The van der Waals surface area contributed by atoms with Gasteiger partial charge in [-0.1, -0.05) is 73.3 Å². The Kier molecular flexibility index (Phi) is 4.62. The SMILES string of the molecule is OC(c1ccc(C2CCCCC2)cc1)c1ccccc1Cl. The topological polar surface area (TPSA) is 20.2 Å². The maximum atomic E-state index is 10.5. The van der Waals surface area contributed by atoms with Crippen LogP contribution >= 0.6 is 11.6 Å². The van der Waals surface area contributed by atoms with Crippen LogP contribution in [0.25, 0.3) is 0 Å². The van der Waals surface area contributed by atoms with E-state index in [4.69, 9.17) is 11.6 Å². The van der Waals surface area contributed by atoms with Gasteiger partial charge in [0.05, 0.1) is 0 Å². The van der Waals surface area contributed by atoms with Gasteiger partial charge in [-0.05, 0) is 36.0 Å². The van der Waals surface area contributed by atoms with Crippen molar-refractivity contribution in [2.24, 2.45) is 0 Å². The van der Waals surface area contributed by atoms with Crippen molar-refractivity contribution < 1.29 is 5.11 Å². The van der Waals surface area contributed by atoms with Crippen LogP contribution in [0.3, 0.4) is 0 Å². The summed E-state index contributed by atoms with van der Waals surface area (Å²) >= 11 is 6.16. The van der Waals surface area contributed by atoms with Crippen LogP contribution in [0.5, 0.6) is 0 Å². The molecule has 110 valence electrons. The maximum absolute atomic E-state index is 10.5. The van der Waals surface area contributed by atoms with E-state index in [1.807, 2.05) is 36.4 Å². The van der Waals surface area contributed by atoms with Gasteiger partial charge in [0, 0.05) is 10.6 Å². The zero-order valence-electron chi connectivity index (χ0n) is 12.1. The fourth-order valence-corrected chi connectivity index (χ4v) is 3.50. The van der Waals surface area contributed by atoms with Crippen LogP contribution in [0.15, 0.2) is 48.5 Å². The Hall–Kier alpha value is -1.31. The Morgan fingerprint density at radius 3 is 2.24 bits per heavy atom. The minimum Gasteiger partial charge on any atom is -0.384 e. The van der Waals surface area contributed by atoms with Crippen molar-refractivity contribution in [3.63, 3.8) is 0 Å². The number of hydrogen-bond acceptors (Lipinski definition) is 1. The van der Waals surface area contributed by atoms with Gasteiger partial charge in [0.15, 0.2) is 0 Å². The van der Waals surface area contributed by atoms with E-state index >= 15 is 0 Å². The van der Waals surface area contributed by atoms with Crippen LogP contribution < -0.4 is 0 Å². The maximum Gasteiger partial charge on any atom is 0.105 e. The summed E-state index contributed by atoms with van der Waals surface area (Å²) in [5, 5.41) is 11.1. The molecule has 0 spiro atoms. The normalized spacial score (nSPS) is 17.6. The summed E-state index contributed by atoms with van der Waals surface area (Å²) in [5.74, 6) is 0.699. The number of hydrogen-bond donors (Lipinski definition) is 1. The monoisotopic (exact) mass is 300 g/mol. The van der Waals surface area contributed by atoms with Crippen molar-refractivity contribution in [1.29, 1.82) is 0 Å². The van der Waals surface area contributed by atoms with Gasteiger partial charge in [-0.3, -0.25) is 0 Å². The summed E-state index contributed by atoms with van der Waals surface area (Å²) in [4.78, 5) is 0. The van der Waals surface area contributed by atoms with E-state index in [1.165, 1.54) is 37.7 Å². The largest absolute Gasteiger partial charge is 0.384 e. The van der Waals surface area contributed by atoms with Crippen molar-refractivity contribution in [3.05, 3.63) is 70.2 Å². The van der Waals surface area contributed by atoms with E-state index < -0.39 is 6.10 Å². The molecular formula is C19H21ClO. The summed E-state index contributed by atoms with van der Waals surface area (Å²) in [5.41, 5.74) is 3.08. The van der Waals surface area contributed by atoms with Gasteiger partial charge in [0.1, 0.15) is 6.10 Å². The lowest BCUT2D eigenvalue weighted by atomic mass is 9.83. The van der Waals surface area contributed by atoms with E-state index in [9.17, 15) is 5.11 Å². The van der Waals surface area contributed by atoms with Crippen molar-refractivity contribution in [1.82, 2.24) is 0 Å². The molecule has 3 rings (SSSR count). The lowest BCUT2D eigenvalue weighted by Crippen LogP contribution is -2.05. The van der Waals surface area contributed by atoms with Crippen molar-refractivity contribution in [3.8, 4) is 0 Å². The fraction of sp³-hybridized carbons (Fsp3) is 0.368. The molecule has 1 atom stereocenters. The van der Waals surface area contributed by atoms with Gasteiger partial charge in [0.25, 0.3) is 0 Å². The summed E-state index contributed by atoms with van der Waals surface area (Å²) in [6, 6.07) is 15.9. The van der Waals surface area contributed by atoms with Gasteiger partial charge < -0.3 is 5.11 Å². The Morgan fingerprint density at radius 1 is 0.905 bits per heavy atom. The highest BCUT2D eigenvalue weighted by atomic mass is 35.5. The predicted molar refractivity (Wildman–Crippen MR) is 87.8 cm³/mol. The van der Waals surface area contributed by atoms with E-state index in [-0.39, 0.29) is 0 Å². The molecule has 0 radical (unpaired) electrons. The molecule has 21 heavy (non-hydrogen) atoms. The van der Waals surface area contributed by atoms with Gasteiger partial charge in [-0.25, -0.2) is 0 Å². The van der Waals surface area contributed by atoms with E-state index in [1.54, 1.807) is 0 Å². The van der Waals surface area contributed by atoms with Crippen LogP contribution in [0.2, 0.25) is 5.02 Å². The quantitative estimate of drug-likeness (QED) is 0.797. The van der Waals surface area contributed by atoms with Crippen molar-refractivity contribution in [2.45, 2.75) is 44.1 Å². The average Bonchev–Trinajstić information content (AvgIpc) is 2.56. The fourth-order valence-electron chi connectivity index (χ4n) is 3.26. The zero-order chi connectivity index (χ0) is 14.7. The average molecular weight is 301 g/mol. The molecule has 0 bridgehead atoms. The number of halogens is 1. The third-order valence-corrected chi connectivity index (χ3v) is 4.87. The van der Waals surface area contributed by atoms with Crippen LogP contribution in [0, 0.1) is 0 Å². The molecule has 1 unspecified atom stereocenters. The predicted octanol–water partition coefficient (Wildman–Crippen LogP) is 5.47. The minimum absolute atomic E-state index is 0.612. The Labute approximate surface area is 131 Å². The number of aliphatic hydroxyl groups is 1. The Bertz CT molecular complexity index is 585. The number of rotatable bonds is 3. The van der Waals surface area contributed by atoms with Gasteiger partial charge in [0.2, 0.25) is 0 Å². The van der Waals surface area contributed by atoms with Gasteiger partial charge in [-0.15, -0.1) is 0 Å². The highest BCUT2D eigenvalue weighted by Crippen LogP contribution is 2.34. The molecule has 1 fully saturated rings. The van der Waals surface area contributed by atoms with Gasteiger partial charge >= 0.3 is 0 Å². The molecule has 1 aliphatic carbocycles. The molecule has 2 aromatic rings. The van der Waals surface area contributed by atoms with Crippen LogP contribution in [-0.4, -0.2) is 5.11 Å². The van der Waals surface area contributed by atoms with Crippen LogP contribution in [0.4, 0.5) is 0 Å². The molecule has 0 amide bonds. The first-order valence-electron chi connectivity index (χ1n) is 7.78. The Balaban J connectivity index is 1.79. The molecule has 0 saturated heterocycles. The van der Waals surface area contributed by atoms with Crippen LogP contribution in [-0.2, 0) is 0 Å². The number of benzene rings is 2. The molecule has 0 aromatic heterocycles. The molecule has 1 N–H and O–H groups in total. The van der Waals surface area contributed by atoms with E-state index in [0.717, 1.165) is 11.1 Å². The highest BCUT2D eigenvalue weighted by molar-refractivity contribution is 6.31. The van der Waals surface area contributed by atoms with E-state index in [2.05, 4.69) is 12.1 Å². The summed E-state index contributed by atoms with van der Waals surface area (Å²) in [6.07, 6.45) is 6.00. The Morgan fingerprint density at radius 2 is 1.57 bits per heavy atom. The summed E-state index contributed by atoms with van der Waals surface area (Å²) < 4.78 is 0. The molecule has 1 nitrogen and oxygen atoms in total. The first kappa shape index (κ1) is 14.6. The summed E-state index contributed by atoms with van der Waals surface area (Å²) in [7, 11) is 0. The molecule has 2 aromatic carbocycles. The minimum atomic E-state index is -0.654. The smallest absolute Gasteiger partial charge is 0.105 e. The lowest BCUT2D eigenvalue weighted by molar-refractivity contribution is 0.220. The second-order valence-electron chi connectivity index (χ2n) is 5.93. The standard InChI is InChI=1S/C19H21ClO/c20-18-9-5-4-8-17(18)19(21)16-12-10-15(11-13-16)14-6-2-1-3-7-14/h4-5,8-14,19,21H,1-3,6-7H2. The molecule has 0 heterocycles. The highest BCUT2D eigenvalue weighted by Gasteiger charge is 2.17. The van der Waals surface area contributed by atoms with Crippen molar-refractivity contribution in [2.75, 3.05) is 0 Å². The van der Waals surface area contributed by atoms with Gasteiger partial charge in [-0.2, -0.15) is 0 Å². The molecular weight excluding hydrogens is 280 g/mol. The molecule has 2 heteroatoms. The second kappa shape index (κ2) is 6.64. The first-order chi connectivity index (χ1) is 10.3. The molecule has 1 saturated carbocycles. The molecule has 1 aliphatic rings. The van der Waals surface area contributed by atoms with Crippen molar-refractivity contribution >= 4 is 11.6 Å².